The van der Waals surface area contributed by atoms with Gasteiger partial charge in [0.1, 0.15) is 11.8 Å². The van der Waals surface area contributed by atoms with Gasteiger partial charge in [-0.3, -0.25) is 5.32 Å². The molecule has 1 rings (SSSR count). The molecule has 4 N–H and O–H groups in total. The zero-order valence-corrected chi connectivity index (χ0v) is 11.3. The number of carbonyl (C=O) groups excluding carboxylic acids is 1. The van der Waals surface area contributed by atoms with E-state index in [-0.39, 0.29) is 12.5 Å². The van der Waals surface area contributed by atoms with E-state index in [0.717, 1.165) is 13.0 Å². The molecule has 0 saturated carbocycles. The van der Waals surface area contributed by atoms with Gasteiger partial charge in [-0.2, -0.15) is 0 Å². The van der Waals surface area contributed by atoms with Gasteiger partial charge in [0.2, 0.25) is 0 Å². The largest absolute Gasteiger partial charge is 0.444 e. The van der Waals surface area contributed by atoms with Crippen LogP contribution in [0.15, 0.2) is 0 Å². The second kappa shape index (κ2) is 6.36. The topological polar surface area (TPSA) is 90.8 Å². The molecule has 0 spiro atoms. The van der Waals surface area contributed by atoms with Crippen LogP contribution in [0.1, 0.15) is 33.6 Å². The van der Waals surface area contributed by atoms with E-state index < -0.39 is 24.0 Å². The summed E-state index contributed by atoms with van der Waals surface area (Å²) in [6.45, 7) is 6.24. The van der Waals surface area contributed by atoms with Gasteiger partial charge in [0.15, 0.2) is 0 Å². The maximum atomic E-state index is 11.4. The van der Waals surface area contributed by atoms with Crippen molar-refractivity contribution in [1.82, 2.24) is 10.6 Å². The Morgan fingerprint density at radius 3 is 2.72 bits per heavy atom. The van der Waals surface area contributed by atoms with Crippen LogP contribution in [0.2, 0.25) is 0 Å². The average Bonchev–Trinajstić information content (AvgIpc) is 2.59. The molecule has 0 bridgehead atoms. The maximum absolute atomic E-state index is 11.4. The number of nitrogens with one attached hydrogen (secondary N) is 2. The molecule has 3 atom stereocenters. The fraction of sp³-hybridized carbons (Fsp3) is 0.917. The lowest BCUT2D eigenvalue weighted by molar-refractivity contribution is 0.0440. The standard InChI is InChI=1S/C12H24N2O4/c1-12(2,3)18-11(17)14-7-9(15)6-8-4-5-13-10(8)16/h8-10,13,15-16H,4-7H2,1-3H3,(H,14,17)/t8?,9?,10-/m1/s1. The van der Waals surface area contributed by atoms with Crippen molar-refractivity contribution in [3.05, 3.63) is 0 Å². The summed E-state index contributed by atoms with van der Waals surface area (Å²) in [5, 5.41) is 24.7. The third-order valence-corrected chi connectivity index (χ3v) is 2.77. The number of aliphatic hydroxyl groups is 2. The first-order chi connectivity index (χ1) is 8.28. The number of hydrogen-bond donors (Lipinski definition) is 4. The predicted molar refractivity (Wildman–Crippen MR) is 67.0 cm³/mol. The zero-order chi connectivity index (χ0) is 13.8. The van der Waals surface area contributed by atoms with Crippen molar-refractivity contribution >= 4 is 6.09 Å². The van der Waals surface area contributed by atoms with Gasteiger partial charge in [0.05, 0.1) is 6.10 Å². The lowest BCUT2D eigenvalue weighted by Gasteiger charge is -2.22. The van der Waals surface area contributed by atoms with Gasteiger partial charge < -0.3 is 20.3 Å². The molecule has 0 aliphatic carbocycles. The highest BCUT2D eigenvalue weighted by Gasteiger charge is 2.27. The van der Waals surface area contributed by atoms with E-state index >= 15 is 0 Å². The molecule has 1 saturated heterocycles. The Morgan fingerprint density at radius 1 is 1.56 bits per heavy atom. The number of alkyl carbamates (subject to hydrolysis) is 1. The summed E-state index contributed by atoms with van der Waals surface area (Å²) in [7, 11) is 0. The van der Waals surface area contributed by atoms with E-state index in [1.807, 2.05) is 0 Å². The Kier molecular flexibility index (Phi) is 5.37. The zero-order valence-electron chi connectivity index (χ0n) is 11.3. The first kappa shape index (κ1) is 15.2. The van der Waals surface area contributed by atoms with Crippen molar-refractivity contribution in [3.8, 4) is 0 Å². The van der Waals surface area contributed by atoms with Crippen molar-refractivity contribution in [2.75, 3.05) is 13.1 Å². The van der Waals surface area contributed by atoms with Gasteiger partial charge in [0.25, 0.3) is 0 Å². The van der Waals surface area contributed by atoms with Crippen molar-refractivity contribution in [1.29, 1.82) is 0 Å². The maximum Gasteiger partial charge on any atom is 0.407 e. The van der Waals surface area contributed by atoms with E-state index in [2.05, 4.69) is 10.6 Å². The highest BCUT2D eigenvalue weighted by atomic mass is 16.6. The Labute approximate surface area is 108 Å². The fourth-order valence-electron chi connectivity index (χ4n) is 1.94. The molecule has 6 nitrogen and oxygen atoms in total. The molecule has 1 aliphatic rings. The second-order valence-electron chi connectivity index (χ2n) is 5.72. The van der Waals surface area contributed by atoms with Gasteiger partial charge in [-0.1, -0.05) is 0 Å². The van der Waals surface area contributed by atoms with Crippen LogP contribution in [0.5, 0.6) is 0 Å². The first-order valence-electron chi connectivity index (χ1n) is 6.34. The quantitative estimate of drug-likeness (QED) is 0.579. The molecule has 0 radical (unpaired) electrons. The number of amides is 1. The Hall–Kier alpha value is -0.850. The molecule has 106 valence electrons. The Bertz CT molecular complexity index is 278. The van der Waals surface area contributed by atoms with E-state index in [1.54, 1.807) is 20.8 Å². The van der Waals surface area contributed by atoms with Crippen LogP contribution >= 0.6 is 0 Å². The molecular formula is C12H24N2O4. The van der Waals surface area contributed by atoms with Crippen LogP contribution in [0, 0.1) is 5.92 Å². The average molecular weight is 260 g/mol. The van der Waals surface area contributed by atoms with E-state index in [4.69, 9.17) is 4.74 Å². The predicted octanol–water partition coefficient (Wildman–Crippen LogP) is 0.190. The van der Waals surface area contributed by atoms with Crippen molar-refractivity contribution < 1.29 is 19.7 Å². The summed E-state index contributed by atoms with van der Waals surface area (Å²) in [5.41, 5.74) is -0.541. The number of ether oxygens (including phenoxy) is 1. The highest BCUT2D eigenvalue weighted by molar-refractivity contribution is 5.67. The summed E-state index contributed by atoms with van der Waals surface area (Å²) in [6.07, 6.45) is -0.459. The molecule has 0 aromatic heterocycles. The molecule has 0 aromatic rings. The minimum Gasteiger partial charge on any atom is -0.444 e. The number of aliphatic hydroxyl groups excluding tert-OH is 2. The van der Waals surface area contributed by atoms with Gasteiger partial charge >= 0.3 is 6.09 Å². The third kappa shape index (κ3) is 5.66. The first-order valence-corrected chi connectivity index (χ1v) is 6.34. The molecule has 6 heteroatoms. The molecule has 2 unspecified atom stereocenters. The lowest BCUT2D eigenvalue weighted by atomic mass is 9.99. The lowest BCUT2D eigenvalue weighted by Crippen LogP contribution is -2.38. The van der Waals surface area contributed by atoms with Crippen molar-refractivity contribution in [2.45, 2.75) is 51.5 Å². The van der Waals surface area contributed by atoms with Gasteiger partial charge in [-0.15, -0.1) is 0 Å². The summed E-state index contributed by atoms with van der Waals surface area (Å²) in [5.74, 6) is 0.0421. The summed E-state index contributed by atoms with van der Waals surface area (Å²) >= 11 is 0. The van der Waals surface area contributed by atoms with Crippen LogP contribution in [0.3, 0.4) is 0 Å². The molecule has 0 aromatic carbocycles. The number of rotatable bonds is 4. The van der Waals surface area contributed by atoms with Crippen LogP contribution in [-0.2, 0) is 4.74 Å². The van der Waals surface area contributed by atoms with Gasteiger partial charge in [0, 0.05) is 12.5 Å². The minimum atomic E-state index is -0.669. The van der Waals surface area contributed by atoms with E-state index in [9.17, 15) is 15.0 Å². The number of carbonyl (C=O) groups is 1. The van der Waals surface area contributed by atoms with Gasteiger partial charge in [-0.25, -0.2) is 4.79 Å². The normalized spacial score (nSPS) is 25.8. The van der Waals surface area contributed by atoms with Crippen LogP contribution < -0.4 is 10.6 Å². The molecule has 18 heavy (non-hydrogen) atoms. The third-order valence-electron chi connectivity index (χ3n) is 2.77. The summed E-state index contributed by atoms with van der Waals surface area (Å²) in [6, 6.07) is 0. The van der Waals surface area contributed by atoms with Gasteiger partial charge in [-0.05, 0) is 40.2 Å². The van der Waals surface area contributed by atoms with E-state index in [1.165, 1.54) is 0 Å². The van der Waals surface area contributed by atoms with Crippen molar-refractivity contribution in [2.24, 2.45) is 5.92 Å². The fourth-order valence-corrected chi connectivity index (χ4v) is 1.94. The van der Waals surface area contributed by atoms with Crippen LogP contribution in [0.4, 0.5) is 4.79 Å². The summed E-state index contributed by atoms with van der Waals surface area (Å²) in [4.78, 5) is 11.4. The van der Waals surface area contributed by atoms with Crippen molar-refractivity contribution in [3.63, 3.8) is 0 Å². The smallest absolute Gasteiger partial charge is 0.407 e. The Morgan fingerprint density at radius 2 is 2.22 bits per heavy atom. The molecule has 1 aliphatic heterocycles. The van der Waals surface area contributed by atoms with E-state index in [0.29, 0.717) is 6.42 Å². The summed E-state index contributed by atoms with van der Waals surface area (Å²) < 4.78 is 5.06. The molecule has 1 amide bonds. The molecule has 1 heterocycles. The monoisotopic (exact) mass is 260 g/mol. The highest BCUT2D eigenvalue weighted by Crippen LogP contribution is 2.19. The van der Waals surface area contributed by atoms with Crippen LogP contribution in [0.25, 0.3) is 0 Å². The molecular weight excluding hydrogens is 236 g/mol. The van der Waals surface area contributed by atoms with Crippen LogP contribution in [-0.4, -0.2) is 47.3 Å². The Balaban J connectivity index is 2.20. The second-order valence-corrected chi connectivity index (χ2v) is 5.72. The SMILES string of the molecule is CC(C)(C)OC(=O)NCC(O)CC1CCN[C@@H]1O. The molecule has 1 fully saturated rings. The minimum absolute atomic E-state index is 0.0421. The number of hydrogen-bond acceptors (Lipinski definition) is 5.